The number of fused-ring (bicyclic) bond motifs is 2. The van der Waals surface area contributed by atoms with Gasteiger partial charge in [0.1, 0.15) is 11.4 Å². The van der Waals surface area contributed by atoms with Gasteiger partial charge in [-0.25, -0.2) is 9.79 Å². The molecule has 0 radical (unpaired) electrons. The number of nitrogens with two attached hydrogens (primary N) is 2. The van der Waals surface area contributed by atoms with Crippen molar-refractivity contribution in [3.8, 4) is 11.8 Å². The lowest BCUT2D eigenvalue weighted by Crippen LogP contribution is -2.71. The molecule has 59 heavy (non-hydrogen) atoms. The van der Waals surface area contributed by atoms with Crippen molar-refractivity contribution in [3.05, 3.63) is 89.1 Å². The van der Waals surface area contributed by atoms with Gasteiger partial charge >= 0.3 is 5.97 Å². The molecule has 8 N–H and O–H groups in total. The largest absolute Gasteiger partial charge is 0.478 e. The number of hydrogen-bond donors (Lipinski definition) is 6. The van der Waals surface area contributed by atoms with E-state index in [1.807, 2.05) is 62.4 Å². The Morgan fingerprint density at radius 2 is 1.69 bits per heavy atom. The third-order valence-electron chi connectivity index (χ3n) is 17.5. The number of aliphatic imine (C=N–C) groups is 1. The number of nitrogens with zero attached hydrogens (tertiary/aromatic N) is 1. The quantitative estimate of drug-likeness (QED) is 0.0954. The monoisotopic (exact) mass is 799 g/mol. The minimum atomic E-state index is -1.76. The van der Waals surface area contributed by atoms with Crippen molar-refractivity contribution in [2.45, 2.75) is 115 Å². The normalized spacial score (nSPS) is 46.8. The van der Waals surface area contributed by atoms with E-state index in [1.54, 1.807) is 12.2 Å². The van der Waals surface area contributed by atoms with Crippen LogP contribution in [0.4, 0.5) is 0 Å². The molecule has 0 aromatic heterocycles. The predicted molar refractivity (Wildman–Crippen MR) is 224 cm³/mol. The molecule has 0 amide bonds. The molecule has 10 nitrogen and oxygen atoms in total. The van der Waals surface area contributed by atoms with Gasteiger partial charge in [0.2, 0.25) is 0 Å². The highest BCUT2D eigenvalue weighted by Gasteiger charge is 2.83. The summed E-state index contributed by atoms with van der Waals surface area (Å²) in [6, 6.07) is 9.12. The lowest BCUT2D eigenvalue weighted by molar-refractivity contribution is -0.170. The maximum absolute atomic E-state index is 15.7. The van der Waals surface area contributed by atoms with Crippen molar-refractivity contribution in [1.82, 2.24) is 0 Å². The van der Waals surface area contributed by atoms with E-state index in [2.05, 4.69) is 36.8 Å². The molecule has 310 valence electrons. The van der Waals surface area contributed by atoms with Crippen LogP contribution in [0.3, 0.4) is 0 Å². The first-order chi connectivity index (χ1) is 27.8. The summed E-state index contributed by atoms with van der Waals surface area (Å²) in [5.41, 5.74) is 4.15. The standard InChI is InChI=1S/C49H57N3O7/c1-29-36(46(57)20-11-14-31(26-46)40(55)56)33(52-41(50)51)17-23-45(29)28-47(58)24-25-48(59)32(16-15-30-12-7-5-8-13-30)38-42(2)19-9-6-10-21-49(47)39(48)37(34(53)27-44(45,49)4)43(38,3)22-18-35(42)54/h5,7-8,12-13,15-17,23-26,29,32-33,36,38,57-59H,10-11,14,18-22,27-28H2,1-4H3,(H,55,56)(H4,50,51,52)/b16-15+/t29-,32+,33-,36-,38-,42-,43-,44-,45-,46-,47+,48-,49+/m1/s1. The fourth-order valence-electron chi connectivity index (χ4n) is 15.2. The summed E-state index contributed by atoms with van der Waals surface area (Å²) in [4.78, 5) is 47.0. The van der Waals surface area contributed by atoms with Crippen LogP contribution in [0, 0.1) is 62.6 Å². The van der Waals surface area contributed by atoms with Gasteiger partial charge in [0.25, 0.3) is 0 Å². The molecular formula is C49H57N3O7. The summed E-state index contributed by atoms with van der Waals surface area (Å²) >= 11 is 0. The van der Waals surface area contributed by atoms with Crippen LogP contribution in [0.25, 0.3) is 6.08 Å². The van der Waals surface area contributed by atoms with Gasteiger partial charge in [0.15, 0.2) is 11.7 Å². The second-order valence-electron chi connectivity index (χ2n) is 20.0. The lowest BCUT2D eigenvalue weighted by Gasteiger charge is -2.69. The summed E-state index contributed by atoms with van der Waals surface area (Å²) in [7, 11) is 0. The highest BCUT2D eigenvalue weighted by atomic mass is 16.4. The first kappa shape index (κ1) is 39.9. The zero-order valence-corrected chi connectivity index (χ0v) is 34.5. The molecule has 2 saturated carbocycles. The zero-order valence-electron chi connectivity index (χ0n) is 34.5. The van der Waals surface area contributed by atoms with Gasteiger partial charge in [-0.2, -0.15) is 0 Å². The van der Waals surface area contributed by atoms with Gasteiger partial charge < -0.3 is 31.9 Å². The van der Waals surface area contributed by atoms with Gasteiger partial charge in [0.05, 0.1) is 17.2 Å². The van der Waals surface area contributed by atoms with E-state index in [4.69, 9.17) is 11.5 Å². The Labute approximate surface area is 346 Å². The fraction of sp³-hybridized carbons (Fsp3) is 0.551. The molecule has 1 aromatic rings. The Balaban J connectivity index is 1.34. The number of carbonyl (C=O) groups excluding carboxylic acids is 2. The van der Waals surface area contributed by atoms with E-state index in [0.29, 0.717) is 43.3 Å². The molecule has 13 atom stereocenters. The molecule has 0 saturated heterocycles. The minimum Gasteiger partial charge on any atom is -0.478 e. The van der Waals surface area contributed by atoms with Crippen LogP contribution in [-0.2, 0) is 14.4 Å². The van der Waals surface area contributed by atoms with E-state index in [0.717, 1.165) is 5.56 Å². The van der Waals surface area contributed by atoms with Gasteiger partial charge in [-0.15, -0.1) is 11.8 Å². The van der Waals surface area contributed by atoms with Crippen molar-refractivity contribution in [2.75, 3.05) is 0 Å². The van der Waals surface area contributed by atoms with Crippen LogP contribution >= 0.6 is 0 Å². The molecule has 9 rings (SSSR count). The predicted octanol–water partition coefficient (Wildman–Crippen LogP) is 5.58. The SMILES string of the molecule is C[C@@H]1[C@@H]([C@]2(O)C=C(C(=O)O)CCC2)[C@H](N=C(N)N)C=C[C@@]12C[C@@]1(O)C=C[C@]3(O)C4=C5C(=O)C[C@@]2(C)[C@]41CCC#CC[C@]1(C)C(=O)CC[C@@]5(C)[C@@H]1[C@@H]3/C=C/c1ccccc1. The number of benzene rings is 1. The van der Waals surface area contributed by atoms with Crippen LogP contribution in [0.2, 0.25) is 0 Å². The number of allylic oxidation sites excluding steroid dienone is 2. The number of guanidine groups is 1. The average Bonchev–Trinajstić information content (AvgIpc) is 3.33. The Kier molecular flexibility index (Phi) is 8.60. The molecular weight excluding hydrogens is 743 g/mol. The highest BCUT2D eigenvalue weighted by molar-refractivity contribution is 6.02. The molecule has 0 unspecified atom stereocenters. The number of carboxylic acids is 1. The second-order valence-corrected chi connectivity index (χ2v) is 20.0. The number of rotatable bonds is 5. The van der Waals surface area contributed by atoms with Crippen molar-refractivity contribution in [1.29, 1.82) is 0 Å². The van der Waals surface area contributed by atoms with Crippen molar-refractivity contribution in [2.24, 2.45) is 67.2 Å². The number of aliphatic carboxylic acids is 1. The van der Waals surface area contributed by atoms with E-state index in [9.17, 15) is 30.0 Å². The molecule has 0 heterocycles. The Morgan fingerprint density at radius 1 is 0.949 bits per heavy atom. The van der Waals surface area contributed by atoms with Gasteiger partial charge in [-0.05, 0) is 79.1 Å². The molecule has 2 spiro atoms. The molecule has 8 aliphatic carbocycles. The second kappa shape index (κ2) is 12.7. The number of Topliss-reactive ketones (excluding diaryl/α,β-unsaturated/α-hetero) is 2. The van der Waals surface area contributed by atoms with E-state index in [1.165, 1.54) is 6.08 Å². The van der Waals surface area contributed by atoms with Crippen molar-refractivity contribution >= 4 is 29.6 Å². The third kappa shape index (κ3) is 4.93. The third-order valence-corrected chi connectivity index (χ3v) is 17.5. The van der Waals surface area contributed by atoms with Crippen LogP contribution in [0.1, 0.15) is 97.5 Å². The summed E-state index contributed by atoms with van der Waals surface area (Å²) in [6.07, 6.45) is 15.9. The minimum absolute atomic E-state index is 0.0476. The Morgan fingerprint density at radius 3 is 2.41 bits per heavy atom. The maximum Gasteiger partial charge on any atom is 0.331 e. The number of ketones is 2. The summed E-state index contributed by atoms with van der Waals surface area (Å²) in [5, 5.41) is 50.5. The number of aliphatic hydroxyl groups is 3. The smallest absolute Gasteiger partial charge is 0.331 e. The zero-order chi connectivity index (χ0) is 42.2. The van der Waals surface area contributed by atoms with E-state index >= 15 is 4.79 Å². The van der Waals surface area contributed by atoms with Crippen LogP contribution in [0.5, 0.6) is 0 Å². The van der Waals surface area contributed by atoms with Gasteiger partial charge in [-0.1, -0.05) is 88.4 Å². The van der Waals surface area contributed by atoms with Crippen molar-refractivity contribution in [3.63, 3.8) is 0 Å². The summed E-state index contributed by atoms with van der Waals surface area (Å²) in [5.74, 6) is 3.14. The molecule has 0 aliphatic heterocycles. The van der Waals surface area contributed by atoms with Crippen molar-refractivity contribution < 1.29 is 34.8 Å². The first-order valence-corrected chi connectivity index (χ1v) is 21.4. The number of hydrogen-bond acceptors (Lipinski definition) is 7. The average molecular weight is 800 g/mol. The molecule has 2 fully saturated rings. The van der Waals surface area contributed by atoms with Gasteiger partial charge in [-0.3, -0.25) is 9.59 Å². The van der Waals surface area contributed by atoms with Crippen LogP contribution in [-0.4, -0.2) is 66.8 Å². The van der Waals surface area contributed by atoms with E-state index < -0.39 is 79.6 Å². The summed E-state index contributed by atoms with van der Waals surface area (Å²) in [6.45, 7) is 8.19. The van der Waals surface area contributed by atoms with E-state index in [-0.39, 0.29) is 55.2 Å². The fourth-order valence-corrected chi connectivity index (χ4v) is 15.2. The Hall–Kier alpha value is -4.56. The maximum atomic E-state index is 15.7. The molecule has 4 bridgehead atoms. The summed E-state index contributed by atoms with van der Waals surface area (Å²) < 4.78 is 0. The van der Waals surface area contributed by atoms with Crippen LogP contribution in [0.15, 0.2) is 88.5 Å². The first-order valence-electron chi connectivity index (χ1n) is 21.4. The highest BCUT2D eigenvalue weighted by Crippen LogP contribution is 2.83. The van der Waals surface area contributed by atoms with Gasteiger partial charge in [0, 0.05) is 70.3 Å². The van der Waals surface area contributed by atoms with Crippen LogP contribution < -0.4 is 11.5 Å². The number of carbonyl (C=O) groups is 3. The lowest BCUT2D eigenvalue weighted by atomic mass is 9.34. The Bertz CT molecular complexity index is 2310. The topological polar surface area (TPSA) is 197 Å². The molecule has 10 heteroatoms. The molecule has 8 aliphatic rings. The number of carboxylic acid groups (broad SMARTS) is 1. The molecule has 1 aromatic carbocycles.